The number of fused-ring (bicyclic) bond motifs is 1. The van der Waals surface area contributed by atoms with Crippen LogP contribution in [0.2, 0.25) is 5.02 Å². The van der Waals surface area contributed by atoms with Crippen molar-refractivity contribution in [2.75, 3.05) is 19.1 Å². The van der Waals surface area contributed by atoms with E-state index >= 15 is 0 Å². The molecule has 2 atom stereocenters. The summed E-state index contributed by atoms with van der Waals surface area (Å²) in [5.74, 6) is -0.826. The van der Waals surface area contributed by atoms with E-state index in [9.17, 15) is 14.4 Å². The number of halogens is 1. The molecule has 1 aromatic rings. The Hall–Kier alpha value is -1.99. The summed E-state index contributed by atoms with van der Waals surface area (Å²) in [6.45, 7) is 8.05. The molecule has 2 heterocycles. The molecule has 0 aliphatic carbocycles. The number of anilines is 1. The van der Waals surface area contributed by atoms with Crippen LogP contribution in [-0.2, 0) is 14.3 Å². The van der Waals surface area contributed by atoms with Crippen molar-refractivity contribution in [3.63, 3.8) is 0 Å². The molecule has 8 heteroatoms. The Balaban J connectivity index is 1.98. The lowest BCUT2D eigenvalue weighted by molar-refractivity contribution is -0.148. The fourth-order valence-corrected chi connectivity index (χ4v) is 5.06. The van der Waals surface area contributed by atoms with Crippen LogP contribution in [0.5, 0.6) is 0 Å². The molecule has 0 aromatic heterocycles. The van der Waals surface area contributed by atoms with Crippen LogP contribution in [0.4, 0.5) is 10.5 Å². The molecule has 0 N–H and O–H groups in total. The standard InChI is InChI=1S/C21H25ClN2O4S/c1-11-10-21(3,4)23(5)16-9-15(22)13(7-14(11)16)8-17-18(25)24(20(27)29-17)12(2)19(26)28-6/h7-9,11-12H,10H2,1-6H3/b17-8+/t11-,12-/m0/s1. The van der Waals surface area contributed by atoms with E-state index < -0.39 is 23.2 Å². The largest absolute Gasteiger partial charge is 0.467 e. The molecule has 2 aliphatic rings. The molecule has 29 heavy (non-hydrogen) atoms. The summed E-state index contributed by atoms with van der Waals surface area (Å²) in [5, 5.41) is 0.0106. The number of ether oxygens (including phenoxy) is 1. The molecule has 156 valence electrons. The summed E-state index contributed by atoms with van der Waals surface area (Å²) >= 11 is 7.34. The maximum absolute atomic E-state index is 12.7. The minimum atomic E-state index is -0.978. The molecule has 6 nitrogen and oxygen atoms in total. The molecule has 0 saturated carbocycles. The molecule has 3 rings (SSSR count). The van der Waals surface area contributed by atoms with Gasteiger partial charge in [0, 0.05) is 23.3 Å². The Morgan fingerprint density at radius 2 is 2.03 bits per heavy atom. The first-order chi connectivity index (χ1) is 13.5. The fraction of sp³-hybridized carbons (Fsp3) is 0.476. The summed E-state index contributed by atoms with van der Waals surface area (Å²) in [5.41, 5.74) is 2.93. The van der Waals surface area contributed by atoms with Crippen LogP contribution in [0.1, 0.15) is 51.2 Å². The number of esters is 1. The lowest BCUT2D eigenvalue weighted by Gasteiger charge is -2.45. The molecule has 2 aliphatic heterocycles. The quantitative estimate of drug-likeness (QED) is 0.507. The topological polar surface area (TPSA) is 66.9 Å². The number of carbonyl (C=O) groups excluding carboxylic acids is 3. The van der Waals surface area contributed by atoms with Gasteiger partial charge < -0.3 is 9.64 Å². The van der Waals surface area contributed by atoms with Gasteiger partial charge in [0.05, 0.1) is 12.0 Å². The predicted molar refractivity (Wildman–Crippen MR) is 116 cm³/mol. The van der Waals surface area contributed by atoms with Gasteiger partial charge in [-0.1, -0.05) is 18.5 Å². The summed E-state index contributed by atoms with van der Waals surface area (Å²) in [6, 6.07) is 2.93. The van der Waals surface area contributed by atoms with Crippen LogP contribution >= 0.6 is 23.4 Å². The lowest BCUT2D eigenvalue weighted by Crippen LogP contribution is -2.45. The first-order valence-corrected chi connectivity index (χ1v) is 10.6. The van der Waals surface area contributed by atoms with E-state index in [0.717, 1.165) is 34.3 Å². The van der Waals surface area contributed by atoms with Crippen molar-refractivity contribution in [3.8, 4) is 0 Å². The molecular weight excluding hydrogens is 412 g/mol. The van der Waals surface area contributed by atoms with Crippen LogP contribution < -0.4 is 4.90 Å². The van der Waals surface area contributed by atoms with Crippen molar-refractivity contribution in [1.82, 2.24) is 4.90 Å². The number of benzene rings is 1. The van der Waals surface area contributed by atoms with Crippen LogP contribution in [0.25, 0.3) is 6.08 Å². The van der Waals surface area contributed by atoms with Gasteiger partial charge in [-0.2, -0.15) is 0 Å². The van der Waals surface area contributed by atoms with Crippen molar-refractivity contribution in [2.24, 2.45) is 0 Å². The molecule has 0 spiro atoms. The SMILES string of the molecule is COC(=O)[C@H](C)N1C(=O)S/C(=C/c2cc3c(cc2Cl)N(C)C(C)(C)C[C@@H]3C)C1=O. The summed E-state index contributed by atoms with van der Waals surface area (Å²) < 4.78 is 4.66. The summed E-state index contributed by atoms with van der Waals surface area (Å²) in [4.78, 5) is 40.2. The van der Waals surface area contributed by atoms with E-state index in [4.69, 9.17) is 11.6 Å². The third kappa shape index (κ3) is 3.78. The third-order valence-corrected chi connectivity index (χ3v) is 7.00. The van der Waals surface area contributed by atoms with Crippen LogP contribution in [-0.4, -0.2) is 47.8 Å². The highest BCUT2D eigenvalue weighted by molar-refractivity contribution is 8.18. The van der Waals surface area contributed by atoms with Gasteiger partial charge in [0.2, 0.25) is 0 Å². The number of methoxy groups -OCH3 is 1. The number of rotatable bonds is 3. The Labute approximate surface area is 180 Å². The van der Waals surface area contributed by atoms with Gasteiger partial charge in [0.15, 0.2) is 0 Å². The summed E-state index contributed by atoms with van der Waals surface area (Å²) in [6.07, 6.45) is 2.62. The van der Waals surface area contributed by atoms with E-state index in [1.807, 2.05) is 12.1 Å². The maximum atomic E-state index is 12.7. The molecule has 1 aromatic carbocycles. The van der Waals surface area contributed by atoms with Gasteiger partial charge in [-0.15, -0.1) is 0 Å². The molecule has 1 fully saturated rings. The van der Waals surface area contributed by atoms with Crippen molar-refractivity contribution in [1.29, 1.82) is 0 Å². The third-order valence-electron chi connectivity index (χ3n) is 5.79. The maximum Gasteiger partial charge on any atom is 0.328 e. The fourth-order valence-electron chi connectivity index (χ4n) is 3.95. The second kappa shape index (κ2) is 7.69. The first-order valence-electron chi connectivity index (χ1n) is 9.40. The molecule has 1 saturated heterocycles. The summed E-state index contributed by atoms with van der Waals surface area (Å²) in [7, 11) is 3.28. The average molecular weight is 437 g/mol. The highest BCUT2D eigenvalue weighted by Gasteiger charge is 2.41. The van der Waals surface area contributed by atoms with Gasteiger partial charge in [0.1, 0.15) is 6.04 Å². The molecule has 0 unspecified atom stereocenters. The second-order valence-corrected chi connectivity index (χ2v) is 9.56. The van der Waals surface area contributed by atoms with Crippen molar-refractivity contribution in [2.45, 2.75) is 51.6 Å². The number of hydrogen-bond acceptors (Lipinski definition) is 6. The van der Waals surface area contributed by atoms with Gasteiger partial charge >= 0.3 is 5.97 Å². The number of hydrogen-bond donors (Lipinski definition) is 0. The van der Waals surface area contributed by atoms with Crippen molar-refractivity contribution >= 4 is 52.2 Å². The van der Waals surface area contributed by atoms with Crippen molar-refractivity contribution < 1.29 is 19.1 Å². The van der Waals surface area contributed by atoms with Gasteiger partial charge in [0.25, 0.3) is 11.1 Å². The zero-order valence-electron chi connectivity index (χ0n) is 17.4. The zero-order valence-corrected chi connectivity index (χ0v) is 19.0. The Morgan fingerprint density at radius 3 is 2.66 bits per heavy atom. The number of nitrogens with zero attached hydrogens (tertiary/aromatic N) is 2. The van der Waals surface area contributed by atoms with E-state index in [0.29, 0.717) is 16.5 Å². The number of amides is 2. The van der Waals surface area contributed by atoms with Gasteiger partial charge in [-0.3, -0.25) is 14.5 Å². The minimum absolute atomic E-state index is 0.0178. The number of imide groups is 1. The smallest absolute Gasteiger partial charge is 0.328 e. The van der Waals surface area contributed by atoms with Gasteiger partial charge in [-0.05, 0) is 74.2 Å². The second-order valence-electron chi connectivity index (χ2n) is 8.16. The van der Waals surface area contributed by atoms with Gasteiger partial charge in [-0.25, -0.2) is 4.79 Å². The highest BCUT2D eigenvalue weighted by atomic mass is 35.5. The average Bonchev–Trinajstić information content (AvgIpc) is 2.92. The Kier molecular flexibility index (Phi) is 5.75. The first kappa shape index (κ1) is 21.7. The normalized spacial score (nSPS) is 23.4. The zero-order chi connectivity index (χ0) is 21.7. The van der Waals surface area contributed by atoms with E-state index in [2.05, 4.69) is 37.5 Å². The van der Waals surface area contributed by atoms with Crippen LogP contribution in [0.15, 0.2) is 17.0 Å². The monoisotopic (exact) mass is 436 g/mol. The minimum Gasteiger partial charge on any atom is -0.467 e. The lowest BCUT2D eigenvalue weighted by atomic mass is 9.80. The number of thioether (sulfide) groups is 1. The van der Waals surface area contributed by atoms with E-state index in [1.165, 1.54) is 14.0 Å². The molecule has 0 bridgehead atoms. The number of carbonyl (C=O) groups is 3. The van der Waals surface area contributed by atoms with Crippen molar-refractivity contribution in [3.05, 3.63) is 33.2 Å². The van der Waals surface area contributed by atoms with E-state index in [-0.39, 0.29) is 10.4 Å². The van der Waals surface area contributed by atoms with Crippen LogP contribution in [0.3, 0.4) is 0 Å². The van der Waals surface area contributed by atoms with Crippen LogP contribution in [0, 0.1) is 0 Å². The Morgan fingerprint density at radius 1 is 1.38 bits per heavy atom. The predicted octanol–water partition coefficient (Wildman–Crippen LogP) is 4.66. The highest BCUT2D eigenvalue weighted by Crippen LogP contribution is 2.45. The Bertz CT molecular complexity index is 928. The van der Waals surface area contributed by atoms with E-state index in [1.54, 1.807) is 6.08 Å². The molecule has 0 radical (unpaired) electrons. The molecule has 2 amide bonds. The molecular formula is C21H25ClN2O4S.